The number of carboxylic acids is 1. The second kappa shape index (κ2) is 14.6. The zero-order valence-corrected chi connectivity index (χ0v) is 32.3. The number of carbonyl (C=O) groups excluding carboxylic acids is 1. The predicted molar refractivity (Wildman–Crippen MR) is 187 cm³/mol. The third-order valence-corrected chi connectivity index (χ3v) is 14.1. The molecule has 19 atom stereocenters. The minimum atomic E-state index is -0.834. The average molecular weight is 707 g/mol. The first-order chi connectivity index (χ1) is 23.5. The topological polar surface area (TPSA) is 119 Å². The Kier molecular flexibility index (Phi) is 11.3. The molecule has 286 valence electrons. The van der Waals surface area contributed by atoms with Gasteiger partial charge in [0.2, 0.25) is 0 Å². The Morgan fingerprint density at radius 3 is 2.30 bits per heavy atom. The molecule has 0 aromatic rings. The van der Waals surface area contributed by atoms with E-state index in [1.807, 2.05) is 0 Å². The zero-order chi connectivity index (χ0) is 36.3. The smallest absolute Gasteiger partial charge is 0.308 e. The first-order valence-corrected chi connectivity index (χ1v) is 19.8. The van der Waals surface area contributed by atoms with E-state index < -0.39 is 28.9 Å². The van der Waals surface area contributed by atoms with Gasteiger partial charge in [-0.3, -0.25) is 4.79 Å². The van der Waals surface area contributed by atoms with Crippen molar-refractivity contribution in [2.45, 2.75) is 192 Å². The normalized spacial score (nSPS) is 53.4. The van der Waals surface area contributed by atoms with Gasteiger partial charge >= 0.3 is 5.97 Å². The molecule has 10 nitrogen and oxygen atoms in total. The molecule has 1 N–H and O–H groups in total. The molecule has 6 aliphatic heterocycles. The van der Waals surface area contributed by atoms with Crippen molar-refractivity contribution in [2.75, 3.05) is 7.11 Å². The Bertz CT molecular complexity index is 1210. The summed E-state index contributed by atoms with van der Waals surface area (Å²) in [5.41, 5.74) is -1.02. The van der Waals surface area contributed by atoms with Gasteiger partial charge in [-0.1, -0.05) is 41.5 Å². The number of methoxy groups -OCH3 is 1. The van der Waals surface area contributed by atoms with Crippen molar-refractivity contribution in [3.05, 3.63) is 0 Å². The Morgan fingerprint density at radius 2 is 1.62 bits per heavy atom. The van der Waals surface area contributed by atoms with Crippen LogP contribution in [0.15, 0.2) is 0 Å². The van der Waals surface area contributed by atoms with Crippen LogP contribution in [0.1, 0.15) is 120 Å². The van der Waals surface area contributed by atoms with Crippen LogP contribution < -0.4 is 0 Å². The predicted octanol–water partition coefficient (Wildman–Crippen LogP) is 6.59. The third-order valence-electron chi connectivity index (χ3n) is 14.1. The van der Waals surface area contributed by atoms with Crippen molar-refractivity contribution >= 4 is 12.3 Å². The summed E-state index contributed by atoms with van der Waals surface area (Å²) in [4.78, 5) is 23.6. The van der Waals surface area contributed by atoms with Crippen LogP contribution in [0.4, 0.5) is 0 Å². The van der Waals surface area contributed by atoms with Crippen molar-refractivity contribution < 1.29 is 47.9 Å². The summed E-state index contributed by atoms with van der Waals surface area (Å²) in [7, 11) is 1.78. The second-order valence-corrected chi connectivity index (χ2v) is 18.1. The molecule has 0 aromatic heterocycles. The molecule has 1 spiro atoms. The number of hydrogen-bond acceptors (Lipinski definition) is 9. The number of rotatable bonds is 9. The van der Waals surface area contributed by atoms with Crippen LogP contribution in [0.5, 0.6) is 0 Å². The van der Waals surface area contributed by atoms with Crippen molar-refractivity contribution in [2.24, 2.45) is 41.4 Å². The van der Waals surface area contributed by atoms with E-state index in [4.69, 9.17) is 33.2 Å². The largest absolute Gasteiger partial charge is 0.481 e. The van der Waals surface area contributed by atoms with Gasteiger partial charge in [-0.15, -0.1) is 0 Å². The van der Waals surface area contributed by atoms with Crippen LogP contribution in [-0.2, 0) is 42.7 Å². The molecule has 0 bridgehead atoms. The molecule has 0 saturated carbocycles. The SMILES string of the molecule is COC1CC(CC2CCC(C)C(C(C)C(=O)O)O2)OC2(OC(C)(C3CCC(C)(C4OC(C5OC(C=O)C(C)CC5C)CC4C)O3)CC2C)C1C. The highest BCUT2D eigenvalue weighted by Gasteiger charge is 2.65. The molecule has 6 rings (SSSR count). The Labute approximate surface area is 300 Å². The molecule has 6 fully saturated rings. The van der Waals surface area contributed by atoms with Gasteiger partial charge in [-0.2, -0.15) is 0 Å². The van der Waals surface area contributed by atoms with Gasteiger partial charge < -0.3 is 43.1 Å². The van der Waals surface area contributed by atoms with Gasteiger partial charge in [0.1, 0.15) is 12.4 Å². The van der Waals surface area contributed by atoms with Crippen molar-refractivity contribution in [3.8, 4) is 0 Å². The number of carbonyl (C=O) groups is 2. The first-order valence-electron chi connectivity index (χ1n) is 19.8. The second-order valence-electron chi connectivity index (χ2n) is 18.1. The van der Waals surface area contributed by atoms with E-state index in [-0.39, 0.29) is 78.6 Å². The van der Waals surface area contributed by atoms with E-state index >= 15 is 0 Å². The third kappa shape index (κ3) is 6.98. The first kappa shape index (κ1) is 38.6. The number of aliphatic carboxylic acids is 1. The van der Waals surface area contributed by atoms with Crippen LogP contribution in [0.2, 0.25) is 0 Å². The molecule has 0 radical (unpaired) electrons. The van der Waals surface area contributed by atoms with E-state index in [9.17, 15) is 14.7 Å². The zero-order valence-electron chi connectivity index (χ0n) is 32.3. The summed E-state index contributed by atoms with van der Waals surface area (Å²) in [5, 5.41) is 9.70. The number of aldehydes is 1. The molecule has 6 aliphatic rings. The molecule has 0 aromatic carbocycles. The van der Waals surface area contributed by atoms with Gasteiger partial charge in [0.25, 0.3) is 0 Å². The molecular weight excluding hydrogens is 640 g/mol. The summed E-state index contributed by atoms with van der Waals surface area (Å²) in [6, 6.07) is 0. The van der Waals surface area contributed by atoms with E-state index in [1.54, 1.807) is 14.0 Å². The molecule has 0 aliphatic carbocycles. The molecule has 6 saturated heterocycles. The maximum Gasteiger partial charge on any atom is 0.308 e. The Hall–Kier alpha value is -1.14. The molecular formula is C40H66O10. The van der Waals surface area contributed by atoms with Crippen LogP contribution >= 0.6 is 0 Å². The highest BCUT2D eigenvalue weighted by molar-refractivity contribution is 5.70. The monoisotopic (exact) mass is 706 g/mol. The van der Waals surface area contributed by atoms with Crippen molar-refractivity contribution in [1.29, 1.82) is 0 Å². The molecule has 19 unspecified atom stereocenters. The molecule has 10 heteroatoms. The Morgan fingerprint density at radius 1 is 0.880 bits per heavy atom. The minimum absolute atomic E-state index is 0.00905. The van der Waals surface area contributed by atoms with Crippen molar-refractivity contribution in [1.82, 2.24) is 0 Å². The van der Waals surface area contributed by atoms with Gasteiger partial charge in [0.15, 0.2) is 5.79 Å². The molecule has 0 amide bonds. The van der Waals surface area contributed by atoms with Crippen LogP contribution in [0, 0.1) is 41.4 Å². The van der Waals surface area contributed by atoms with Crippen LogP contribution in [-0.4, -0.2) is 96.4 Å². The maximum atomic E-state index is 11.8. The maximum absolute atomic E-state index is 11.8. The lowest BCUT2D eigenvalue weighted by atomic mass is 9.78. The fourth-order valence-corrected chi connectivity index (χ4v) is 11.2. The van der Waals surface area contributed by atoms with Crippen LogP contribution in [0.3, 0.4) is 0 Å². The van der Waals surface area contributed by atoms with E-state index in [1.165, 1.54) is 0 Å². The fourth-order valence-electron chi connectivity index (χ4n) is 11.2. The van der Waals surface area contributed by atoms with Gasteiger partial charge in [-0.25, -0.2) is 0 Å². The summed E-state index contributed by atoms with van der Waals surface area (Å²) in [5.74, 6) is -1.05. The number of ether oxygens (including phenoxy) is 7. The van der Waals surface area contributed by atoms with E-state index in [0.717, 1.165) is 57.7 Å². The van der Waals surface area contributed by atoms with Crippen LogP contribution in [0.25, 0.3) is 0 Å². The van der Waals surface area contributed by atoms with Crippen molar-refractivity contribution in [3.63, 3.8) is 0 Å². The Balaban J connectivity index is 1.13. The van der Waals surface area contributed by atoms with Gasteiger partial charge in [0.05, 0.1) is 66.0 Å². The average Bonchev–Trinajstić information content (AvgIpc) is 3.73. The summed E-state index contributed by atoms with van der Waals surface area (Å²) >= 11 is 0. The quantitative estimate of drug-likeness (QED) is 0.263. The van der Waals surface area contributed by atoms with E-state index in [2.05, 4.69) is 55.4 Å². The summed E-state index contributed by atoms with van der Waals surface area (Å²) in [6.07, 6.45) is 7.35. The number of carboxylic acid groups (broad SMARTS) is 1. The lowest BCUT2D eigenvalue weighted by Crippen LogP contribution is -2.58. The fraction of sp³-hybridized carbons (Fsp3) is 0.950. The van der Waals surface area contributed by atoms with Gasteiger partial charge in [0, 0.05) is 31.8 Å². The lowest BCUT2D eigenvalue weighted by molar-refractivity contribution is -0.352. The van der Waals surface area contributed by atoms with Gasteiger partial charge in [-0.05, 0) is 89.4 Å². The molecule has 50 heavy (non-hydrogen) atoms. The van der Waals surface area contributed by atoms with E-state index in [0.29, 0.717) is 18.3 Å². The lowest BCUT2D eigenvalue weighted by Gasteiger charge is -2.50. The summed E-state index contributed by atoms with van der Waals surface area (Å²) < 4.78 is 47.2. The standard InChI is InChI=1S/C40H66O10/c1-21-11-12-28(45-34(21)26(6)37(42)43)17-29-18-30(44-10)27(7)40(48-29)25(5)19-39(9,50-40)33-13-14-38(8,49-33)36-24(4)16-31(47-36)35-23(3)15-22(2)32(20-41)46-35/h20-36H,11-19H2,1-10H3,(H,42,43). The molecule has 6 heterocycles. The number of hydrogen-bond donors (Lipinski definition) is 1. The minimum Gasteiger partial charge on any atom is -0.481 e. The highest BCUT2D eigenvalue weighted by Crippen LogP contribution is 2.57. The highest BCUT2D eigenvalue weighted by atomic mass is 16.7. The summed E-state index contributed by atoms with van der Waals surface area (Å²) in [6.45, 7) is 19.2.